The van der Waals surface area contributed by atoms with Gasteiger partial charge < -0.3 is 10.1 Å². The number of amides is 1. The van der Waals surface area contributed by atoms with Gasteiger partial charge in [-0.2, -0.15) is 12.8 Å². The zero-order valence-electron chi connectivity index (χ0n) is 20.0. The predicted molar refractivity (Wildman–Crippen MR) is 132 cm³/mol. The molecule has 2 aromatic rings. The molecular weight excluding hydrogens is 454 g/mol. The summed E-state index contributed by atoms with van der Waals surface area (Å²) < 4.78 is 34.7. The summed E-state index contributed by atoms with van der Waals surface area (Å²) in [6, 6.07) is 11.9. The first kappa shape index (κ1) is 25.6. The van der Waals surface area contributed by atoms with Crippen LogP contribution in [0.2, 0.25) is 0 Å². The number of nitrogens with zero attached hydrogens (tertiary/aromatic N) is 2. The van der Waals surface area contributed by atoms with E-state index in [-0.39, 0.29) is 29.2 Å². The van der Waals surface area contributed by atoms with Gasteiger partial charge in [0.2, 0.25) is 0 Å². The monoisotopic (exact) mass is 485 g/mol. The van der Waals surface area contributed by atoms with Gasteiger partial charge in [0.05, 0.1) is 18.6 Å². The van der Waals surface area contributed by atoms with E-state index in [1.165, 1.54) is 19.2 Å². The summed E-state index contributed by atoms with van der Waals surface area (Å²) in [5.41, 5.74) is 3.17. The molecule has 1 amide bonds. The van der Waals surface area contributed by atoms with Gasteiger partial charge in [0.15, 0.2) is 0 Å². The molecule has 182 valence electrons. The average Bonchev–Trinajstić information content (AvgIpc) is 2.80. The molecule has 0 bridgehead atoms. The Morgan fingerprint density at radius 1 is 1.09 bits per heavy atom. The van der Waals surface area contributed by atoms with Gasteiger partial charge in [-0.05, 0) is 82.1 Å². The maximum atomic E-state index is 12.9. The fourth-order valence-corrected chi connectivity index (χ4v) is 5.23. The number of esters is 1. The van der Waals surface area contributed by atoms with Crippen molar-refractivity contribution in [1.29, 1.82) is 0 Å². The largest absolute Gasteiger partial charge is 0.468 e. The zero-order chi connectivity index (χ0) is 24.9. The first-order valence-electron chi connectivity index (χ1n) is 11.2. The molecule has 1 heterocycles. The topological polar surface area (TPSA) is 105 Å². The molecule has 1 saturated heterocycles. The number of hydrogen-bond donors (Lipinski definition) is 1. The lowest BCUT2D eigenvalue weighted by atomic mass is 9.93. The summed E-state index contributed by atoms with van der Waals surface area (Å²) in [7, 11) is -2.52. The first-order chi connectivity index (χ1) is 16.1. The fourth-order valence-electron chi connectivity index (χ4n) is 4.03. The quantitative estimate of drug-likeness (QED) is 0.475. The van der Waals surface area contributed by atoms with E-state index in [0.29, 0.717) is 35.6 Å². The van der Waals surface area contributed by atoms with Gasteiger partial charge in [0, 0.05) is 22.9 Å². The molecule has 0 aromatic heterocycles. The highest BCUT2D eigenvalue weighted by molar-refractivity contribution is 7.90. The highest BCUT2D eigenvalue weighted by Crippen LogP contribution is 2.24. The number of nitrogens with one attached hydrogen (secondary N) is 1. The summed E-state index contributed by atoms with van der Waals surface area (Å²) in [6.45, 7) is 6.95. The molecule has 0 saturated carbocycles. The molecule has 1 aliphatic rings. The molecule has 0 unspecified atom stereocenters. The van der Waals surface area contributed by atoms with Crippen LogP contribution in [0.1, 0.15) is 41.3 Å². The lowest BCUT2D eigenvalue weighted by molar-refractivity contribution is -0.142. The molecule has 0 radical (unpaired) electrons. The van der Waals surface area contributed by atoms with Gasteiger partial charge >= 0.3 is 5.97 Å². The van der Waals surface area contributed by atoms with E-state index in [4.69, 9.17) is 4.74 Å². The van der Waals surface area contributed by atoms with Crippen molar-refractivity contribution in [3.8, 4) is 0 Å². The van der Waals surface area contributed by atoms with E-state index in [1.807, 2.05) is 24.0 Å². The van der Waals surface area contributed by atoms with Gasteiger partial charge in [-0.1, -0.05) is 18.2 Å². The van der Waals surface area contributed by atoms with Crippen molar-refractivity contribution in [2.75, 3.05) is 32.1 Å². The molecule has 0 spiro atoms. The van der Waals surface area contributed by atoms with E-state index < -0.39 is 10.0 Å². The SMILES string of the molecule is COC(=O)CN1CCC(C(C)=NS(=O)(=O)c2ccc(NC(=O)c3ccccc3C)c(C)c2)CC1. The number of piperidine rings is 1. The lowest BCUT2D eigenvalue weighted by Gasteiger charge is -2.30. The molecule has 0 aliphatic carbocycles. The van der Waals surface area contributed by atoms with Crippen LogP contribution in [-0.2, 0) is 19.6 Å². The van der Waals surface area contributed by atoms with Gasteiger partial charge in [0.25, 0.3) is 15.9 Å². The molecule has 0 atom stereocenters. The minimum Gasteiger partial charge on any atom is -0.468 e. The number of aryl methyl sites for hydroxylation is 2. The molecular formula is C25H31N3O5S. The molecule has 1 N–H and O–H groups in total. The van der Waals surface area contributed by atoms with E-state index in [1.54, 1.807) is 32.0 Å². The minimum absolute atomic E-state index is 0.0393. The van der Waals surface area contributed by atoms with Crippen molar-refractivity contribution in [2.24, 2.45) is 10.3 Å². The number of ether oxygens (including phenoxy) is 1. The Hall–Kier alpha value is -3.04. The molecule has 8 nitrogen and oxygen atoms in total. The summed E-state index contributed by atoms with van der Waals surface area (Å²) in [5.74, 6) is -0.484. The van der Waals surface area contributed by atoms with E-state index in [9.17, 15) is 18.0 Å². The van der Waals surface area contributed by atoms with Crippen LogP contribution in [-0.4, -0.2) is 57.6 Å². The molecule has 2 aromatic carbocycles. The van der Waals surface area contributed by atoms with Gasteiger partial charge in [-0.25, -0.2) is 0 Å². The number of benzene rings is 2. The standard InChI is InChI=1S/C25H31N3O5S/c1-17-7-5-6-8-22(17)25(30)26-23-10-9-21(15-18(23)2)34(31,32)27-19(3)20-11-13-28(14-12-20)16-24(29)33-4/h5-10,15,20H,11-14,16H2,1-4H3,(H,26,30). The normalized spacial score (nSPS) is 15.7. The van der Waals surface area contributed by atoms with Crippen molar-refractivity contribution < 1.29 is 22.7 Å². The highest BCUT2D eigenvalue weighted by atomic mass is 32.2. The second kappa shape index (κ2) is 10.9. The fraction of sp³-hybridized carbons (Fsp3) is 0.400. The number of carbonyl (C=O) groups excluding carboxylic acids is 2. The minimum atomic E-state index is -3.88. The van der Waals surface area contributed by atoms with Gasteiger partial charge in [-0.3, -0.25) is 14.5 Å². The molecule has 1 aliphatic heterocycles. The van der Waals surface area contributed by atoms with Crippen molar-refractivity contribution >= 4 is 33.3 Å². The Bertz CT molecular complexity index is 1200. The number of anilines is 1. The summed E-state index contributed by atoms with van der Waals surface area (Å²) in [5, 5.41) is 2.85. The number of methoxy groups -OCH3 is 1. The lowest BCUT2D eigenvalue weighted by Crippen LogP contribution is -2.39. The molecule has 1 fully saturated rings. The number of rotatable bonds is 7. The number of hydrogen-bond acceptors (Lipinski definition) is 6. The Kier molecular flexibility index (Phi) is 8.22. The average molecular weight is 486 g/mol. The van der Waals surface area contributed by atoms with Crippen molar-refractivity contribution in [2.45, 2.75) is 38.5 Å². The maximum Gasteiger partial charge on any atom is 0.319 e. The number of carbonyl (C=O) groups is 2. The predicted octanol–water partition coefficient (Wildman–Crippen LogP) is 3.59. The van der Waals surface area contributed by atoms with E-state index in [2.05, 4.69) is 9.71 Å². The first-order valence-corrected chi connectivity index (χ1v) is 12.6. The second-order valence-electron chi connectivity index (χ2n) is 8.58. The van der Waals surface area contributed by atoms with Crippen LogP contribution < -0.4 is 5.32 Å². The smallest absolute Gasteiger partial charge is 0.319 e. The van der Waals surface area contributed by atoms with E-state index in [0.717, 1.165) is 18.4 Å². The van der Waals surface area contributed by atoms with Crippen LogP contribution in [0.5, 0.6) is 0 Å². The molecule has 9 heteroatoms. The molecule has 34 heavy (non-hydrogen) atoms. The Labute approximate surface area is 201 Å². The van der Waals surface area contributed by atoms with Crippen molar-refractivity contribution in [3.63, 3.8) is 0 Å². The summed E-state index contributed by atoms with van der Waals surface area (Å²) in [4.78, 5) is 26.1. The van der Waals surface area contributed by atoms with E-state index >= 15 is 0 Å². The third-order valence-electron chi connectivity index (χ3n) is 6.16. The number of sulfonamides is 1. The van der Waals surface area contributed by atoms with Gasteiger partial charge in [-0.15, -0.1) is 0 Å². The highest BCUT2D eigenvalue weighted by Gasteiger charge is 2.25. The Morgan fingerprint density at radius 2 is 1.76 bits per heavy atom. The van der Waals surface area contributed by atoms with Crippen LogP contribution in [0, 0.1) is 19.8 Å². The van der Waals surface area contributed by atoms with Crippen LogP contribution >= 0.6 is 0 Å². The third kappa shape index (κ3) is 6.30. The van der Waals surface area contributed by atoms with Crippen molar-refractivity contribution in [1.82, 2.24) is 4.90 Å². The van der Waals surface area contributed by atoms with Crippen LogP contribution in [0.25, 0.3) is 0 Å². The van der Waals surface area contributed by atoms with Gasteiger partial charge in [0.1, 0.15) is 0 Å². The van der Waals surface area contributed by atoms with Crippen LogP contribution in [0.4, 0.5) is 5.69 Å². The maximum absolute atomic E-state index is 12.9. The number of likely N-dealkylation sites (tertiary alicyclic amines) is 1. The van der Waals surface area contributed by atoms with Crippen molar-refractivity contribution in [3.05, 3.63) is 59.2 Å². The molecule has 3 rings (SSSR count). The third-order valence-corrected chi connectivity index (χ3v) is 7.53. The van der Waals surface area contributed by atoms with Crippen LogP contribution in [0.3, 0.4) is 0 Å². The summed E-state index contributed by atoms with van der Waals surface area (Å²) >= 11 is 0. The second-order valence-corrected chi connectivity index (χ2v) is 10.2. The summed E-state index contributed by atoms with van der Waals surface area (Å²) in [6.07, 6.45) is 1.45. The Balaban J connectivity index is 1.69. The Morgan fingerprint density at radius 3 is 2.38 bits per heavy atom. The van der Waals surface area contributed by atoms with Crippen LogP contribution in [0.15, 0.2) is 51.8 Å². The zero-order valence-corrected chi connectivity index (χ0v) is 20.8.